The van der Waals surface area contributed by atoms with Crippen LogP contribution in [0.4, 0.5) is 15.0 Å². The number of anilines is 1. The number of amides is 1. The average Bonchev–Trinajstić information content (AvgIpc) is 3.68. The molecule has 4 heterocycles. The van der Waals surface area contributed by atoms with Crippen molar-refractivity contribution in [2.45, 2.75) is 59.3 Å². The monoisotopic (exact) mass is 602 g/mol. The van der Waals surface area contributed by atoms with E-state index in [2.05, 4.69) is 10.2 Å². The van der Waals surface area contributed by atoms with Gasteiger partial charge in [-0.2, -0.15) is 5.10 Å². The Hall–Kier alpha value is -4.05. The molecule has 0 bridgehead atoms. The van der Waals surface area contributed by atoms with Gasteiger partial charge in [0.05, 0.1) is 11.9 Å². The first kappa shape index (κ1) is 31.4. The number of rotatable bonds is 6. The van der Waals surface area contributed by atoms with E-state index in [1.54, 1.807) is 18.2 Å². The van der Waals surface area contributed by atoms with Crippen molar-refractivity contribution < 1.29 is 18.7 Å². The van der Waals surface area contributed by atoms with E-state index in [-0.39, 0.29) is 18.1 Å². The molecule has 4 unspecified atom stereocenters. The van der Waals surface area contributed by atoms with E-state index >= 15 is 0 Å². The second-order valence-electron chi connectivity index (χ2n) is 11.2. The van der Waals surface area contributed by atoms with Gasteiger partial charge in [0, 0.05) is 26.2 Å². The van der Waals surface area contributed by atoms with Gasteiger partial charge in [-0.25, -0.2) is 23.8 Å². The van der Waals surface area contributed by atoms with Crippen LogP contribution >= 0.6 is 0 Å². The van der Waals surface area contributed by atoms with Crippen LogP contribution in [0.1, 0.15) is 57.0 Å². The molecule has 1 N–H and O–H groups in total. The molecule has 3 fully saturated rings. The number of aryl methyl sites for hydroxylation is 1. The van der Waals surface area contributed by atoms with E-state index in [0.29, 0.717) is 30.9 Å². The largest absolute Gasteiger partial charge is 0.445 e. The molecule has 44 heavy (non-hydrogen) atoms. The molecule has 2 saturated heterocycles. The number of hydrogen-bond donors (Lipinski definition) is 1. The fraction of sp³-hybridized carbons (Fsp3) is 0.471. The zero-order valence-electron chi connectivity index (χ0n) is 25.9. The van der Waals surface area contributed by atoms with Gasteiger partial charge in [-0.1, -0.05) is 62.4 Å². The Labute approximate surface area is 258 Å². The average molecular weight is 603 g/mol. The number of fused-ring (bicyclic) bond motifs is 2. The second-order valence-corrected chi connectivity index (χ2v) is 11.2. The number of ether oxygens (including phenoxy) is 2. The van der Waals surface area contributed by atoms with Gasteiger partial charge in [0.15, 0.2) is 11.9 Å². The van der Waals surface area contributed by atoms with Gasteiger partial charge in [0.1, 0.15) is 23.8 Å². The number of halogens is 1. The number of carbonyl (C=O) groups is 1. The van der Waals surface area contributed by atoms with Crippen LogP contribution in [0.25, 0.3) is 11.2 Å². The zero-order chi connectivity index (χ0) is 30.9. The molecule has 1 aliphatic carbocycles. The molecule has 10 heteroatoms. The topological polar surface area (TPSA) is 94.4 Å². The van der Waals surface area contributed by atoms with Crippen LogP contribution in [-0.2, 0) is 16.1 Å². The minimum Gasteiger partial charge on any atom is -0.445 e. The molecule has 1 amide bonds. The summed E-state index contributed by atoms with van der Waals surface area (Å²) in [4.78, 5) is 24.2. The molecule has 9 nitrogen and oxygen atoms in total. The molecule has 3 aliphatic rings. The summed E-state index contributed by atoms with van der Waals surface area (Å²) >= 11 is 0. The van der Waals surface area contributed by atoms with E-state index in [9.17, 15) is 9.18 Å². The van der Waals surface area contributed by atoms with Crippen molar-refractivity contribution in [1.82, 2.24) is 25.1 Å². The van der Waals surface area contributed by atoms with Crippen LogP contribution in [0, 0.1) is 30.5 Å². The maximum Gasteiger partial charge on any atom is 0.407 e. The van der Waals surface area contributed by atoms with Crippen LogP contribution in [0.15, 0.2) is 66.9 Å². The lowest BCUT2D eigenvalue weighted by Crippen LogP contribution is -2.32. The molecule has 2 aromatic carbocycles. The summed E-state index contributed by atoms with van der Waals surface area (Å²) in [5.74, 6) is 2.42. The predicted octanol–water partition coefficient (Wildman–Crippen LogP) is 6.68. The lowest BCUT2D eigenvalue weighted by molar-refractivity contribution is -0.0371. The Morgan fingerprint density at radius 3 is 2.48 bits per heavy atom. The second kappa shape index (κ2) is 15.1. The highest BCUT2D eigenvalue weighted by atomic mass is 19.1. The van der Waals surface area contributed by atoms with Crippen LogP contribution in [0.3, 0.4) is 0 Å². The summed E-state index contributed by atoms with van der Waals surface area (Å²) in [6.45, 7) is 9.58. The lowest BCUT2D eigenvalue weighted by atomic mass is 10.1. The Balaban J connectivity index is 0.000000373. The molecule has 7 rings (SSSR count). The lowest BCUT2D eigenvalue weighted by Gasteiger charge is -2.27. The van der Waals surface area contributed by atoms with Crippen molar-refractivity contribution in [3.05, 3.63) is 83.9 Å². The summed E-state index contributed by atoms with van der Waals surface area (Å²) in [5.41, 5.74) is 3.53. The third-order valence-corrected chi connectivity index (χ3v) is 8.41. The van der Waals surface area contributed by atoms with Crippen molar-refractivity contribution in [3.63, 3.8) is 0 Å². The highest BCUT2D eigenvalue weighted by Crippen LogP contribution is 2.51. The first-order chi connectivity index (χ1) is 21.6. The number of nitrogens with zero attached hydrogens (tertiary/aromatic N) is 5. The number of piperidine rings is 1. The van der Waals surface area contributed by atoms with Crippen LogP contribution < -0.4 is 10.2 Å². The number of alkyl carbamates (subject to hydrolysis) is 1. The van der Waals surface area contributed by atoms with Gasteiger partial charge < -0.3 is 19.7 Å². The number of carbonyl (C=O) groups excluding carboxylic acids is 1. The van der Waals surface area contributed by atoms with Crippen LogP contribution in [-0.4, -0.2) is 52.1 Å². The standard InChI is InChI=1S/C26H32N6O3.C6H5F.C2H6/c1-17-24-25(32(30-17)23-9-5-6-12-34-23)29-22(14-27-24)31-11-10-19-20(21(19)15-31)13-28-26(33)35-16-18-7-3-2-4-8-18;7-6-4-2-1-3-5-6;1-2/h2-4,7-8,14,19-21,23H,5-6,9-13,15-16H2,1H3,(H,28,33);1-5H;1-2H3. The van der Waals surface area contributed by atoms with Crippen molar-refractivity contribution >= 4 is 23.1 Å². The Bertz CT molecular complexity index is 1480. The maximum absolute atomic E-state index is 12.1. The van der Waals surface area contributed by atoms with E-state index in [4.69, 9.17) is 24.5 Å². The summed E-state index contributed by atoms with van der Waals surface area (Å²) in [7, 11) is 0. The summed E-state index contributed by atoms with van der Waals surface area (Å²) in [6.07, 6.45) is 5.76. The third kappa shape index (κ3) is 7.72. The van der Waals surface area contributed by atoms with Gasteiger partial charge in [-0.15, -0.1) is 0 Å². The molecular weight excluding hydrogens is 559 g/mol. The third-order valence-electron chi connectivity index (χ3n) is 8.41. The summed E-state index contributed by atoms with van der Waals surface area (Å²) < 4.78 is 25.2. The van der Waals surface area contributed by atoms with Gasteiger partial charge in [-0.3, -0.25) is 0 Å². The predicted molar refractivity (Wildman–Crippen MR) is 169 cm³/mol. The fourth-order valence-corrected chi connectivity index (χ4v) is 6.09. The Kier molecular flexibility index (Phi) is 10.8. The van der Waals surface area contributed by atoms with Crippen molar-refractivity contribution in [3.8, 4) is 0 Å². The molecule has 2 aliphatic heterocycles. The normalized spacial score (nSPS) is 22.0. The maximum atomic E-state index is 12.1. The Morgan fingerprint density at radius 2 is 1.80 bits per heavy atom. The number of hydrogen-bond acceptors (Lipinski definition) is 7. The van der Waals surface area contributed by atoms with Crippen molar-refractivity contribution in [2.24, 2.45) is 17.8 Å². The molecule has 2 aromatic heterocycles. The summed E-state index contributed by atoms with van der Waals surface area (Å²) in [6, 6.07) is 17.7. The molecule has 234 valence electrons. The van der Waals surface area contributed by atoms with Crippen molar-refractivity contribution in [1.29, 1.82) is 0 Å². The van der Waals surface area contributed by atoms with Gasteiger partial charge in [-0.05, 0) is 68.1 Å². The minimum atomic E-state index is -0.348. The molecule has 4 atom stereocenters. The highest BCUT2D eigenvalue weighted by molar-refractivity contribution is 5.75. The first-order valence-electron chi connectivity index (χ1n) is 15.8. The van der Waals surface area contributed by atoms with E-state index in [0.717, 1.165) is 73.6 Å². The van der Waals surface area contributed by atoms with Gasteiger partial charge in [0.2, 0.25) is 0 Å². The SMILES string of the molecule is CC.Cc1nn(C2CCCCO2)c2nc(N3CCC4C(CNC(=O)OCc5ccccc5)C4C3)cnc12.Fc1ccccc1. The van der Waals surface area contributed by atoms with Gasteiger partial charge in [0.25, 0.3) is 0 Å². The summed E-state index contributed by atoms with van der Waals surface area (Å²) in [5, 5.41) is 7.67. The van der Waals surface area contributed by atoms with E-state index in [1.165, 1.54) is 12.1 Å². The minimum absolute atomic E-state index is 0.0595. The first-order valence-corrected chi connectivity index (χ1v) is 15.8. The highest BCUT2D eigenvalue weighted by Gasteiger charge is 2.52. The van der Waals surface area contributed by atoms with E-state index < -0.39 is 0 Å². The quantitative estimate of drug-likeness (QED) is 0.263. The Morgan fingerprint density at radius 1 is 1.05 bits per heavy atom. The molecule has 0 spiro atoms. The van der Waals surface area contributed by atoms with Crippen LogP contribution in [0.5, 0.6) is 0 Å². The zero-order valence-corrected chi connectivity index (χ0v) is 25.9. The fourth-order valence-electron chi connectivity index (χ4n) is 6.09. The number of benzene rings is 2. The molecular formula is C34H43FN6O3. The van der Waals surface area contributed by atoms with Crippen molar-refractivity contribution in [2.75, 3.05) is 31.1 Å². The molecule has 1 saturated carbocycles. The van der Waals surface area contributed by atoms with Gasteiger partial charge >= 0.3 is 6.09 Å². The number of nitrogens with one attached hydrogen (secondary N) is 1. The molecule has 0 radical (unpaired) electrons. The number of aromatic nitrogens is 4. The van der Waals surface area contributed by atoms with E-state index in [1.807, 2.05) is 62.0 Å². The smallest absolute Gasteiger partial charge is 0.407 e. The van der Waals surface area contributed by atoms with Crippen LogP contribution in [0.2, 0.25) is 0 Å². The molecule has 4 aromatic rings.